The zero-order valence-electron chi connectivity index (χ0n) is 8.74. The maximum Gasteiger partial charge on any atom is 0.153 e. The summed E-state index contributed by atoms with van der Waals surface area (Å²) in [5.41, 5.74) is 4.99. The predicted molar refractivity (Wildman–Crippen MR) is 61.0 cm³/mol. The van der Waals surface area contributed by atoms with E-state index in [-0.39, 0.29) is 0 Å². The van der Waals surface area contributed by atoms with Crippen LogP contribution in [0.5, 0.6) is 0 Å². The third-order valence-electron chi connectivity index (χ3n) is 2.61. The minimum atomic E-state index is 0.862. The predicted octanol–water partition coefficient (Wildman–Crippen LogP) is 3.60. The second-order valence-corrected chi connectivity index (χ2v) is 3.90. The fraction of sp³-hybridized carbons (Fsp3) is 0.154. The summed E-state index contributed by atoms with van der Waals surface area (Å²) in [5.74, 6) is 0. The van der Waals surface area contributed by atoms with Gasteiger partial charge in [0, 0.05) is 11.1 Å². The molecule has 0 spiro atoms. The molecule has 0 saturated carbocycles. The zero-order chi connectivity index (χ0) is 10.4. The molecule has 0 radical (unpaired) electrons. The molecule has 15 heavy (non-hydrogen) atoms. The van der Waals surface area contributed by atoms with Crippen molar-refractivity contribution < 1.29 is 4.42 Å². The smallest absolute Gasteiger partial charge is 0.153 e. The average Bonchev–Trinajstić information content (AvgIpc) is 2.56. The van der Waals surface area contributed by atoms with E-state index in [4.69, 9.17) is 4.42 Å². The van der Waals surface area contributed by atoms with Crippen molar-refractivity contribution in [1.82, 2.24) is 4.98 Å². The summed E-state index contributed by atoms with van der Waals surface area (Å²) in [5, 5.41) is 1.11. The Kier molecular flexibility index (Phi) is 1.60. The molecule has 0 fully saturated rings. The van der Waals surface area contributed by atoms with Crippen molar-refractivity contribution in [3.05, 3.63) is 41.6 Å². The number of furan rings is 1. The second-order valence-electron chi connectivity index (χ2n) is 3.90. The van der Waals surface area contributed by atoms with E-state index < -0.39 is 0 Å². The number of fused-ring (bicyclic) bond motifs is 3. The summed E-state index contributed by atoms with van der Waals surface area (Å²) in [7, 11) is 0. The van der Waals surface area contributed by atoms with Gasteiger partial charge in [0.05, 0.1) is 0 Å². The van der Waals surface area contributed by atoms with Gasteiger partial charge in [-0.2, -0.15) is 0 Å². The Labute approximate surface area is 87.5 Å². The topological polar surface area (TPSA) is 26.0 Å². The fourth-order valence-electron chi connectivity index (χ4n) is 1.86. The lowest BCUT2D eigenvalue weighted by Gasteiger charge is -1.92. The van der Waals surface area contributed by atoms with Crippen LogP contribution in [0.25, 0.3) is 22.1 Å². The van der Waals surface area contributed by atoms with E-state index in [0.29, 0.717) is 0 Å². The molecular weight excluding hydrogens is 186 g/mol. The number of nitrogens with zero attached hydrogens (tertiary/aromatic N) is 1. The van der Waals surface area contributed by atoms with Gasteiger partial charge in [-0.3, -0.25) is 0 Å². The van der Waals surface area contributed by atoms with Crippen molar-refractivity contribution in [3.8, 4) is 0 Å². The van der Waals surface area contributed by atoms with Crippen LogP contribution in [0.4, 0.5) is 0 Å². The third-order valence-corrected chi connectivity index (χ3v) is 2.61. The van der Waals surface area contributed by atoms with Gasteiger partial charge in [-0.25, -0.2) is 4.98 Å². The standard InChI is InChI=1S/C13H11NO/c1-8-3-5-11-10(7-8)13-12(15-11)6-4-9(2)14-13/h3-7H,1-2H3. The van der Waals surface area contributed by atoms with Gasteiger partial charge in [-0.05, 0) is 38.1 Å². The molecule has 0 amide bonds. The first-order chi connectivity index (χ1) is 7.24. The van der Waals surface area contributed by atoms with Crippen LogP contribution < -0.4 is 0 Å². The molecule has 0 atom stereocenters. The molecule has 0 aliphatic rings. The highest BCUT2D eigenvalue weighted by Gasteiger charge is 2.07. The Bertz CT molecular complexity index is 596. The number of aromatic nitrogens is 1. The number of hydrogen-bond acceptors (Lipinski definition) is 2. The van der Waals surface area contributed by atoms with Crippen LogP contribution in [0.1, 0.15) is 11.3 Å². The Balaban J connectivity index is 2.55. The summed E-state index contributed by atoms with van der Waals surface area (Å²) >= 11 is 0. The van der Waals surface area contributed by atoms with Gasteiger partial charge in [-0.15, -0.1) is 0 Å². The Morgan fingerprint density at radius 3 is 2.67 bits per heavy atom. The number of rotatable bonds is 0. The lowest BCUT2D eigenvalue weighted by Crippen LogP contribution is -1.79. The van der Waals surface area contributed by atoms with E-state index in [1.54, 1.807) is 0 Å². The molecule has 0 saturated heterocycles. The summed E-state index contributed by atoms with van der Waals surface area (Å²) in [6, 6.07) is 10.1. The zero-order valence-corrected chi connectivity index (χ0v) is 8.74. The summed E-state index contributed by atoms with van der Waals surface area (Å²) in [6.45, 7) is 4.07. The summed E-state index contributed by atoms with van der Waals surface area (Å²) in [4.78, 5) is 4.51. The Hall–Kier alpha value is -1.83. The highest BCUT2D eigenvalue weighted by atomic mass is 16.3. The number of aryl methyl sites for hydroxylation is 2. The molecule has 0 unspecified atom stereocenters. The van der Waals surface area contributed by atoms with Crippen LogP contribution in [0.15, 0.2) is 34.7 Å². The monoisotopic (exact) mass is 197 g/mol. The van der Waals surface area contributed by atoms with Crippen molar-refractivity contribution in [3.63, 3.8) is 0 Å². The van der Waals surface area contributed by atoms with Gasteiger partial charge in [0.15, 0.2) is 5.58 Å². The van der Waals surface area contributed by atoms with Crippen molar-refractivity contribution in [2.75, 3.05) is 0 Å². The molecule has 0 aliphatic heterocycles. The molecule has 3 rings (SSSR count). The normalized spacial score (nSPS) is 11.3. The van der Waals surface area contributed by atoms with E-state index in [1.165, 1.54) is 5.56 Å². The Morgan fingerprint density at radius 2 is 1.80 bits per heavy atom. The molecule has 3 aromatic rings. The maximum absolute atomic E-state index is 5.70. The van der Waals surface area contributed by atoms with Crippen LogP contribution in [-0.2, 0) is 0 Å². The number of benzene rings is 1. The van der Waals surface area contributed by atoms with E-state index in [0.717, 1.165) is 27.8 Å². The molecule has 2 heterocycles. The van der Waals surface area contributed by atoms with E-state index in [9.17, 15) is 0 Å². The first-order valence-electron chi connectivity index (χ1n) is 5.00. The third kappa shape index (κ3) is 1.22. The van der Waals surface area contributed by atoms with Gasteiger partial charge >= 0.3 is 0 Å². The van der Waals surface area contributed by atoms with Crippen molar-refractivity contribution in [2.24, 2.45) is 0 Å². The molecule has 2 nitrogen and oxygen atoms in total. The van der Waals surface area contributed by atoms with Crippen molar-refractivity contribution in [1.29, 1.82) is 0 Å². The number of hydrogen-bond donors (Lipinski definition) is 0. The molecule has 0 aliphatic carbocycles. The largest absolute Gasteiger partial charge is 0.454 e. The highest BCUT2D eigenvalue weighted by molar-refractivity contribution is 6.02. The first-order valence-corrected chi connectivity index (χ1v) is 5.00. The van der Waals surface area contributed by atoms with Crippen LogP contribution in [0, 0.1) is 13.8 Å². The van der Waals surface area contributed by atoms with Crippen molar-refractivity contribution >= 4 is 22.1 Å². The van der Waals surface area contributed by atoms with Crippen LogP contribution in [0.3, 0.4) is 0 Å². The molecule has 2 aromatic heterocycles. The Morgan fingerprint density at radius 1 is 1.00 bits per heavy atom. The minimum absolute atomic E-state index is 0.862. The maximum atomic E-state index is 5.70. The molecule has 74 valence electrons. The molecule has 1 aromatic carbocycles. The minimum Gasteiger partial charge on any atom is -0.454 e. The quantitative estimate of drug-likeness (QED) is 0.550. The number of pyridine rings is 1. The molecule has 0 N–H and O–H groups in total. The van der Waals surface area contributed by atoms with Crippen LogP contribution in [-0.4, -0.2) is 4.98 Å². The molecule has 0 bridgehead atoms. The molecular formula is C13H11NO. The van der Waals surface area contributed by atoms with Gasteiger partial charge in [0.1, 0.15) is 11.1 Å². The lowest BCUT2D eigenvalue weighted by atomic mass is 10.1. The van der Waals surface area contributed by atoms with Gasteiger partial charge in [0.2, 0.25) is 0 Å². The highest BCUT2D eigenvalue weighted by Crippen LogP contribution is 2.27. The van der Waals surface area contributed by atoms with E-state index in [1.807, 2.05) is 25.1 Å². The van der Waals surface area contributed by atoms with Gasteiger partial charge in [0.25, 0.3) is 0 Å². The van der Waals surface area contributed by atoms with Crippen molar-refractivity contribution in [2.45, 2.75) is 13.8 Å². The summed E-state index contributed by atoms with van der Waals surface area (Å²) in [6.07, 6.45) is 0. The van der Waals surface area contributed by atoms with Crippen LogP contribution >= 0.6 is 0 Å². The molecule has 2 heteroatoms. The second kappa shape index (κ2) is 2.83. The van der Waals surface area contributed by atoms with E-state index in [2.05, 4.69) is 24.0 Å². The SMILES string of the molecule is Cc1ccc2oc3ccc(C)nc3c2c1. The van der Waals surface area contributed by atoms with Crippen LogP contribution in [0.2, 0.25) is 0 Å². The van der Waals surface area contributed by atoms with Gasteiger partial charge < -0.3 is 4.42 Å². The lowest BCUT2D eigenvalue weighted by molar-refractivity contribution is 0.668. The van der Waals surface area contributed by atoms with E-state index >= 15 is 0 Å². The summed E-state index contributed by atoms with van der Waals surface area (Å²) < 4.78 is 5.70. The average molecular weight is 197 g/mol. The fourth-order valence-corrected chi connectivity index (χ4v) is 1.86. The first kappa shape index (κ1) is 8.48. The van der Waals surface area contributed by atoms with Gasteiger partial charge in [-0.1, -0.05) is 11.6 Å².